The van der Waals surface area contributed by atoms with Crippen LogP contribution in [0.15, 0.2) is 35.4 Å². The van der Waals surface area contributed by atoms with Crippen LogP contribution < -0.4 is 0 Å². The van der Waals surface area contributed by atoms with Gasteiger partial charge in [0.25, 0.3) is 0 Å². The molecule has 20 heavy (non-hydrogen) atoms. The number of nitrogens with zero attached hydrogens (tertiary/aromatic N) is 1. The van der Waals surface area contributed by atoms with E-state index in [1.165, 1.54) is 12.1 Å². The molecule has 0 radical (unpaired) electrons. The van der Waals surface area contributed by atoms with Crippen LogP contribution in [0.25, 0.3) is 10.9 Å². The Morgan fingerprint density at radius 1 is 1.15 bits per heavy atom. The third-order valence-corrected chi connectivity index (χ3v) is 10.5. The van der Waals surface area contributed by atoms with Crippen LogP contribution in [0.1, 0.15) is 20.8 Å². The maximum absolute atomic E-state index is 13.1. The highest BCUT2D eigenvalue weighted by Crippen LogP contribution is 2.39. The molecular weight excluding hydrogens is 293 g/mol. The van der Waals surface area contributed by atoms with Gasteiger partial charge in [0, 0.05) is 10.9 Å². The largest absolute Gasteiger partial charge is 0.374 e. The van der Waals surface area contributed by atoms with Crippen molar-refractivity contribution < 1.29 is 12.3 Å². The predicted molar refractivity (Wildman–Crippen MR) is 82.8 cm³/mol. The molecule has 0 N–H and O–H groups in total. The summed E-state index contributed by atoms with van der Waals surface area (Å²) in [5.41, 5.74) is 0.962. The van der Waals surface area contributed by atoms with Crippen molar-refractivity contribution in [2.24, 2.45) is 0 Å². The topological polar surface area (TPSA) is 39.1 Å². The molecular formula is C14H20FNO2SSi. The molecule has 2 aromatic rings. The van der Waals surface area contributed by atoms with Gasteiger partial charge in [-0.1, -0.05) is 33.9 Å². The molecule has 3 nitrogen and oxygen atoms in total. The van der Waals surface area contributed by atoms with Gasteiger partial charge in [-0.05, 0) is 35.5 Å². The van der Waals surface area contributed by atoms with E-state index in [0.29, 0.717) is 0 Å². The number of rotatable bonds is 2. The first kappa shape index (κ1) is 15.2. The molecule has 0 saturated carbocycles. The molecule has 0 spiro atoms. The molecule has 0 aliphatic rings. The van der Waals surface area contributed by atoms with Gasteiger partial charge in [0.2, 0.25) is 0 Å². The Bertz CT molecular complexity index is 757. The molecule has 2 rings (SSSR count). The molecule has 6 heteroatoms. The summed E-state index contributed by atoms with van der Waals surface area (Å²) >= 11 is 0. The molecule has 0 aliphatic heterocycles. The highest BCUT2D eigenvalue weighted by molar-refractivity contribution is 7.86. The Morgan fingerprint density at radius 3 is 2.25 bits per heavy atom. The van der Waals surface area contributed by atoms with Gasteiger partial charge in [-0.15, -0.1) is 3.89 Å². The lowest BCUT2D eigenvalue weighted by atomic mass is 10.2. The van der Waals surface area contributed by atoms with Crippen LogP contribution in [0.3, 0.4) is 0 Å². The van der Waals surface area contributed by atoms with Gasteiger partial charge in [0.15, 0.2) is 8.24 Å². The van der Waals surface area contributed by atoms with E-state index < -0.39 is 18.5 Å². The van der Waals surface area contributed by atoms with Gasteiger partial charge >= 0.3 is 10.2 Å². The van der Waals surface area contributed by atoms with Gasteiger partial charge in [-0.3, -0.25) is 0 Å². The van der Waals surface area contributed by atoms with Crippen LogP contribution in [-0.4, -0.2) is 20.9 Å². The van der Waals surface area contributed by atoms with Crippen LogP contribution in [0.4, 0.5) is 3.89 Å². The fourth-order valence-corrected chi connectivity index (χ4v) is 4.60. The first-order valence-electron chi connectivity index (χ1n) is 6.51. The molecule has 0 saturated heterocycles. The summed E-state index contributed by atoms with van der Waals surface area (Å²) in [6.07, 6.45) is 1.98. The Kier molecular flexibility index (Phi) is 3.38. The van der Waals surface area contributed by atoms with Crippen LogP contribution >= 0.6 is 0 Å². The van der Waals surface area contributed by atoms with E-state index in [4.69, 9.17) is 0 Å². The van der Waals surface area contributed by atoms with E-state index in [-0.39, 0.29) is 9.93 Å². The van der Waals surface area contributed by atoms with Crippen LogP contribution in [0, 0.1) is 0 Å². The van der Waals surface area contributed by atoms with Crippen molar-refractivity contribution in [2.45, 2.75) is 43.8 Å². The van der Waals surface area contributed by atoms with Crippen LogP contribution in [0.5, 0.6) is 0 Å². The van der Waals surface area contributed by atoms with Crippen molar-refractivity contribution in [1.82, 2.24) is 4.23 Å². The molecule has 1 heterocycles. The summed E-state index contributed by atoms with van der Waals surface area (Å²) < 4.78 is 37.2. The van der Waals surface area contributed by atoms with Crippen molar-refractivity contribution in [3.05, 3.63) is 30.5 Å². The number of halogens is 1. The Balaban J connectivity index is 2.66. The van der Waals surface area contributed by atoms with Gasteiger partial charge in [0.1, 0.15) is 0 Å². The Labute approximate surface area is 120 Å². The number of fused-ring (bicyclic) bond motifs is 1. The second-order valence-corrected chi connectivity index (χ2v) is 13.1. The molecule has 0 atom stereocenters. The zero-order valence-corrected chi connectivity index (χ0v) is 14.3. The molecule has 1 aromatic heterocycles. The fourth-order valence-electron chi connectivity index (χ4n) is 2.12. The zero-order chi connectivity index (χ0) is 15.3. The van der Waals surface area contributed by atoms with Crippen molar-refractivity contribution in [3.63, 3.8) is 0 Å². The van der Waals surface area contributed by atoms with E-state index in [1.54, 1.807) is 6.07 Å². The lowest BCUT2D eigenvalue weighted by molar-refractivity contribution is 0.552. The van der Waals surface area contributed by atoms with E-state index in [0.717, 1.165) is 10.9 Å². The van der Waals surface area contributed by atoms with E-state index in [1.807, 2.05) is 12.3 Å². The fraction of sp³-hybridized carbons (Fsp3) is 0.429. The SMILES string of the molecule is CC(C)(C)[Si](C)(C)n1ccc2cc(S(=O)(=O)F)ccc21. The molecule has 0 unspecified atom stereocenters. The molecule has 0 aliphatic carbocycles. The third-order valence-electron chi connectivity index (χ3n) is 4.38. The van der Waals surface area contributed by atoms with E-state index >= 15 is 0 Å². The number of hydrogen-bond acceptors (Lipinski definition) is 2. The standard InChI is InChI=1S/C14H20FNO2SSi/c1-14(2,3)20(4,5)16-9-8-11-10-12(19(15,17)18)6-7-13(11)16/h6-10H,1-5H3. The summed E-state index contributed by atoms with van der Waals surface area (Å²) in [7, 11) is -6.43. The Hall–Kier alpha value is -1.14. The highest BCUT2D eigenvalue weighted by atomic mass is 32.3. The van der Waals surface area contributed by atoms with E-state index in [2.05, 4.69) is 38.1 Å². The first-order chi connectivity index (χ1) is 8.94. The Morgan fingerprint density at radius 2 is 1.75 bits per heavy atom. The minimum Gasteiger partial charge on any atom is -0.374 e. The summed E-state index contributed by atoms with van der Waals surface area (Å²) in [5, 5.41) is 0.914. The van der Waals surface area contributed by atoms with Crippen molar-refractivity contribution in [2.75, 3.05) is 0 Å². The highest BCUT2D eigenvalue weighted by Gasteiger charge is 2.38. The minimum atomic E-state index is -4.65. The third kappa shape index (κ3) is 2.42. The lowest BCUT2D eigenvalue weighted by Crippen LogP contribution is -2.44. The summed E-state index contributed by atoms with van der Waals surface area (Å²) in [4.78, 5) is -0.280. The number of aromatic nitrogens is 1. The lowest BCUT2D eigenvalue weighted by Gasteiger charge is -2.38. The maximum Gasteiger partial charge on any atom is 0.332 e. The summed E-state index contributed by atoms with van der Waals surface area (Å²) in [6, 6.07) is 6.28. The van der Waals surface area contributed by atoms with Gasteiger partial charge in [-0.25, -0.2) is 0 Å². The molecule has 0 bridgehead atoms. The normalized spacial score (nSPS) is 13.9. The van der Waals surface area contributed by atoms with Crippen LogP contribution in [-0.2, 0) is 10.2 Å². The van der Waals surface area contributed by atoms with Gasteiger partial charge in [0.05, 0.1) is 4.90 Å². The van der Waals surface area contributed by atoms with Crippen LogP contribution in [0.2, 0.25) is 18.1 Å². The minimum absolute atomic E-state index is 0.157. The molecule has 110 valence electrons. The molecule has 0 fully saturated rings. The first-order valence-corrected chi connectivity index (χ1v) is 10.8. The molecule has 1 aromatic carbocycles. The van der Waals surface area contributed by atoms with Gasteiger partial charge < -0.3 is 4.23 Å². The quantitative estimate of drug-likeness (QED) is 0.617. The van der Waals surface area contributed by atoms with Crippen molar-refractivity contribution in [3.8, 4) is 0 Å². The van der Waals surface area contributed by atoms with Gasteiger partial charge in [-0.2, -0.15) is 8.42 Å². The zero-order valence-electron chi connectivity index (χ0n) is 12.4. The van der Waals surface area contributed by atoms with Crippen molar-refractivity contribution in [1.29, 1.82) is 0 Å². The second kappa shape index (κ2) is 4.43. The number of hydrogen-bond donors (Lipinski definition) is 0. The average Bonchev–Trinajstić information content (AvgIpc) is 2.68. The summed E-state index contributed by atoms with van der Waals surface area (Å²) in [5.74, 6) is 0. The monoisotopic (exact) mass is 313 g/mol. The predicted octanol–water partition coefficient (Wildman–Crippen LogP) is 4.15. The van der Waals surface area contributed by atoms with Crippen molar-refractivity contribution >= 4 is 29.4 Å². The second-order valence-electron chi connectivity index (χ2n) is 6.65. The summed E-state index contributed by atoms with van der Waals surface area (Å²) in [6.45, 7) is 11.2. The average molecular weight is 313 g/mol. The maximum atomic E-state index is 13.1. The van der Waals surface area contributed by atoms with E-state index in [9.17, 15) is 12.3 Å². The molecule has 0 amide bonds. The number of benzene rings is 1. The smallest absolute Gasteiger partial charge is 0.332 e.